The normalized spacial score (nSPS) is 22.9. The molecule has 0 aliphatic carbocycles. The molecule has 0 aromatic heterocycles. The Hall–Kier alpha value is -2.88. The van der Waals surface area contributed by atoms with Gasteiger partial charge in [-0.15, -0.1) is 0 Å². The maximum atomic E-state index is 13.4. The largest absolute Gasteiger partial charge is 0.442 e. The van der Waals surface area contributed by atoms with Crippen molar-refractivity contribution in [1.29, 1.82) is 0 Å². The summed E-state index contributed by atoms with van der Waals surface area (Å²) in [6.07, 6.45) is 2.95. The van der Waals surface area contributed by atoms with Gasteiger partial charge in [-0.25, -0.2) is 9.80 Å². The number of likely N-dealkylation sites (N-methyl/N-ethyl adjacent to an activating group) is 1. The summed E-state index contributed by atoms with van der Waals surface area (Å²) in [5.74, 6) is -1.47. The molecule has 2 heterocycles. The van der Waals surface area contributed by atoms with Crippen LogP contribution in [0.3, 0.4) is 0 Å². The number of carbonyl (C=O) groups is 3. The van der Waals surface area contributed by atoms with Gasteiger partial charge in [-0.05, 0) is 66.6 Å². The fourth-order valence-electron chi connectivity index (χ4n) is 4.28. The summed E-state index contributed by atoms with van der Waals surface area (Å²) >= 11 is 2.22. The number of carbonyl (C=O) groups excluding carboxylic acids is 3. The van der Waals surface area contributed by atoms with Crippen molar-refractivity contribution >= 4 is 46.6 Å². The molecule has 33 heavy (non-hydrogen) atoms. The number of ether oxygens (including phenoxy) is 1. The number of hydrazine groups is 1. The van der Waals surface area contributed by atoms with Crippen molar-refractivity contribution in [3.8, 4) is 0 Å². The van der Waals surface area contributed by atoms with Gasteiger partial charge in [-0.1, -0.05) is 48.5 Å². The predicted octanol–water partition coefficient (Wildman–Crippen LogP) is 4.45. The van der Waals surface area contributed by atoms with Gasteiger partial charge in [-0.3, -0.25) is 19.5 Å². The summed E-state index contributed by atoms with van der Waals surface area (Å²) in [6.45, 7) is 5.32. The number of hydrogen-bond donors (Lipinski definition) is 0. The number of likely N-dealkylation sites (tertiary alicyclic amines) is 1. The molecule has 2 aromatic carbocycles. The van der Waals surface area contributed by atoms with Gasteiger partial charge in [0.15, 0.2) is 6.04 Å². The Morgan fingerprint density at radius 2 is 1.61 bits per heavy atom. The number of rotatable bonds is 3. The van der Waals surface area contributed by atoms with Gasteiger partial charge >= 0.3 is 6.09 Å². The van der Waals surface area contributed by atoms with Gasteiger partial charge in [0.25, 0.3) is 5.91 Å². The van der Waals surface area contributed by atoms with Crippen LogP contribution in [-0.4, -0.2) is 51.5 Å². The first kappa shape index (κ1) is 23.3. The van der Waals surface area contributed by atoms with Crippen LogP contribution in [0, 0.1) is 9.49 Å². The molecule has 3 amide bonds. The maximum absolute atomic E-state index is 13.4. The van der Waals surface area contributed by atoms with Gasteiger partial charge in [0.1, 0.15) is 5.60 Å². The number of fused-ring (bicyclic) bond motifs is 1. The molecule has 2 fully saturated rings. The second-order valence-electron chi connectivity index (χ2n) is 9.10. The summed E-state index contributed by atoms with van der Waals surface area (Å²) in [6, 6.07) is 15.8. The third kappa shape index (κ3) is 4.36. The Morgan fingerprint density at radius 1 is 0.970 bits per heavy atom. The summed E-state index contributed by atoms with van der Waals surface area (Å²) in [5, 5.41) is 3.00. The van der Waals surface area contributed by atoms with E-state index < -0.39 is 35.6 Å². The van der Waals surface area contributed by atoms with Crippen LogP contribution < -0.4 is 0 Å². The first-order chi connectivity index (χ1) is 15.6. The van der Waals surface area contributed by atoms with E-state index in [9.17, 15) is 14.4 Å². The zero-order valence-corrected chi connectivity index (χ0v) is 21.1. The highest BCUT2D eigenvalue weighted by Crippen LogP contribution is 2.47. The Labute approximate surface area is 207 Å². The first-order valence-corrected chi connectivity index (χ1v) is 11.8. The van der Waals surface area contributed by atoms with Crippen molar-refractivity contribution < 1.29 is 19.1 Å². The van der Waals surface area contributed by atoms with Gasteiger partial charge in [0, 0.05) is 16.8 Å². The SMILES string of the molecule is CN1C(=O)[C@H]2[C@@H](C1=O)N(C(=O)OC(C)(C)C)N(/C=C/c1ccccc1)[C@H]2c1ccccc1I. The number of halogens is 1. The van der Waals surface area contributed by atoms with Gasteiger partial charge < -0.3 is 4.74 Å². The molecule has 172 valence electrons. The van der Waals surface area contributed by atoms with E-state index in [1.54, 1.807) is 32.0 Å². The zero-order chi connectivity index (χ0) is 23.9. The summed E-state index contributed by atoms with van der Waals surface area (Å²) in [7, 11) is 1.47. The molecule has 0 spiro atoms. The summed E-state index contributed by atoms with van der Waals surface area (Å²) in [5.41, 5.74) is 1.03. The molecule has 2 saturated heterocycles. The minimum Gasteiger partial charge on any atom is -0.442 e. The first-order valence-electron chi connectivity index (χ1n) is 10.7. The topological polar surface area (TPSA) is 70.2 Å². The second kappa shape index (κ2) is 8.81. The molecule has 2 aliphatic rings. The molecule has 0 radical (unpaired) electrons. The third-order valence-electron chi connectivity index (χ3n) is 5.70. The molecular weight excluding hydrogens is 533 g/mol. The van der Waals surface area contributed by atoms with Crippen LogP contribution in [0.15, 0.2) is 60.8 Å². The van der Waals surface area contributed by atoms with Crippen molar-refractivity contribution in [3.05, 3.63) is 75.5 Å². The van der Waals surface area contributed by atoms with Crippen molar-refractivity contribution in [1.82, 2.24) is 14.9 Å². The predicted molar refractivity (Wildman–Crippen MR) is 132 cm³/mol. The lowest BCUT2D eigenvalue weighted by Gasteiger charge is -2.35. The zero-order valence-electron chi connectivity index (χ0n) is 18.9. The van der Waals surface area contributed by atoms with E-state index in [2.05, 4.69) is 22.6 Å². The molecular formula is C25H26IN3O4. The molecule has 7 nitrogen and oxygen atoms in total. The standard InChI is InChI=1S/C25H26IN3O4/c1-25(2,3)33-24(32)29-21-19(22(30)27(4)23(21)31)20(17-12-8-9-13-18(17)26)28(29)15-14-16-10-6-5-7-11-16/h5-15,19-21H,1-4H3/b15-14+/t19-,20+,21+/m1/s1. The second-order valence-corrected chi connectivity index (χ2v) is 10.3. The van der Waals surface area contributed by atoms with E-state index in [0.717, 1.165) is 19.6 Å². The molecule has 0 bridgehead atoms. The average molecular weight is 559 g/mol. The van der Waals surface area contributed by atoms with Crippen molar-refractivity contribution in [2.45, 2.75) is 38.5 Å². The minimum atomic E-state index is -0.973. The van der Waals surface area contributed by atoms with Crippen LogP contribution in [0.25, 0.3) is 6.08 Å². The highest BCUT2D eigenvalue weighted by molar-refractivity contribution is 14.1. The van der Waals surface area contributed by atoms with Crippen molar-refractivity contribution in [2.75, 3.05) is 7.05 Å². The average Bonchev–Trinajstić information content (AvgIpc) is 3.20. The minimum absolute atomic E-state index is 0.307. The van der Waals surface area contributed by atoms with E-state index in [1.807, 2.05) is 60.7 Å². The monoisotopic (exact) mass is 559 g/mol. The Balaban J connectivity index is 1.87. The fourth-order valence-corrected chi connectivity index (χ4v) is 4.99. The highest BCUT2D eigenvalue weighted by atomic mass is 127. The molecule has 0 unspecified atom stereocenters. The van der Waals surface area contributed by atoms with Crippen molar-refractivity contribution in [3.63, 3.8) is 0 Å². The number of hydrogen-bond acceptors (Lipinski definition) is 5. The number of amides is 3. The Kier molecular flexibility index (Phi) is 6.22. The Morgan fingerprint density at radius 3 is 2.24 bits per heavy atom. The molecule has 0 saturated carbocycles. The fraction of sp³-hybridized carbons (Fsp3) is 0.320. The molecule has 2 aliphatic heterocycles. The third-order valence-corrected chi connectivity index (χ3v) is 6.68. The van der Waals surface area contributed by atoms with E-state index in [-0.39, 0.29) is 5.91 Å². The number of imide groups is 1. The quantitative estimate of drug-likeness (QED) is 0.411. The summed E-state index contributed by atoms with van der Waals surface area (Å²) in [4.78, 5) is 40.9. The lowest BCUT2D eigenvalue weighted by atomic mass is 9.90. The Bertz CT molecular complexity index is 1110. The van der Waals surface area contributed by atoms with E-state index in [1.165, 1.54) is 12.1 Å². The molecule has 3 atom stereocenters. The van der Waals surface area contributed by atoms with E-state index in [4.69, 9.17) is 4.74 Å². The number of nitrogens with zero attached hydrogens (tertiary/aromatic N) is 3. The van der Waals surface area contributed by atoms with Crippen LogP contribution >= 0.6 is 22.6 Å². The van der Waals surface area contributed by atoms with Crippen LogP contribution in [0.2, 0.25) is 0 Å². The maximum Gasteiger partial charge on any atom is 0.430 e. The lowest BCUT2D eigenvalue weighted by molar-refractivity contribution is -0.142. The molecule has 8 heteroatoms. The van der Waals surface area contributed by atoms with Crippen LogP contribution in [0.5, 0.6) is 0 Å². The van der Waals surface area contributed by atoms with Gasteiger partial charge in [-0.2, -0.15) is 0 Å². The van der Waals surface area contributed by atoms with Gasteiger partial charge in [0.2, 0.25) is 5.91 Å². The molecule has 0 N–H and O–H groups in total. The van der Waals surface area contributed by atoms with Crippen LogP contribution in [0.1, 0.15) is 37.9 Å². The highest BCUT2D eigenvalue weighted by Gasteiger charge is 2.63. The summed E-state index contributed by atoms with van der Waals surface area (Å²) < 4.78 is 6.62. The van der Waals surface area contributed by atoms with E-state index >= 15 is 0 Å². The van der Waals surface area contributed by atoms with Crippen LogP contribution in [-0.2, 0) is 14.3 Å². The number of benzene rings is 2. The smallest absolute Gasteiger partial charge is 0.430 e. The molecule has 2 aromatic rings. The molecule has 4 rings (SSSR count). The van der Waals surface area contributed by atoms with Gasteiger partial charge in [0.05, 0.1) is 12.0 Å². The van der Waals surface area contributed by atoms with E-state index in [0.29, 0.717) is 0 Å². The van der Waals surface area contributed by atoms with Crippen molar-refractivity contribution in [2.24, 2.45) is 5.92 Å². The lowest BCUT2D eigenvalue weighted by Crippen LogP contribution is -2.50. The van der Waals surface area contributed by atoms with Crippen LogP contribution in [0.4, 0.5) is 4.79 Å².